The first-order valence-electron chi connectivity index (χ1n) is 4.17. The molecule has 18 heavy (non-hydrogen) atoms. The lowest BCUT2D eigenvalue weighted by molar-refractivity contribution is 0.390. The minimum atomic E-state index is 0. The van der Waals surface area contributed by atoms with Crippen LogP contribution in [0, 0.1) is 4.91 Å². The van der Waals surface area contributed by atoms with E-state index in [1.54, 1.807) is 0 Å². The van der Waals surface area contributed by atoms with Crippen molar-refractivity contribution >= 4 is 33.4 Å². The predicted molar refractivity (Wildman–Crippen MR) is 59.4 cm³/mol. The number of hydrogen-bond acceptors (Lipinski definition) is 8. The van der Waals surface area contributed by atoms with E-state index in [1.165, 1.54) is 0 Å². The first-order chi connectivity index (χ1) is 7.86. The van der Waals surface area contributed by atoms with Gasteiger partial charge < -0.3 is 11.0 Å². The van der Waals surface area contributed by atoms with Crippen molar-refractivity contribution in [2.45, 2.75) is 0 Å². The standard InChI is InChI=1S/C6H4N8O2.2H2O/c15-11-5-1-2(8-13-7-1)6(12-16)4-3(5)9-14-10-4;;/h7,12-13,16H;2*1H2. The summed E-state index contributed by atoms with van der Waals surface area (Å²) in [5.74, 6) is 0. The molecule has 3 aromatic rings. The summed E-state index contributed by atoms with van der Waals surface area (Å²) < 4.78 is 0. The van der Waals surface area contributed by atoms with Crippen molar-refractivity contribution in [1.82, 2.24) is 30.8 Å². The zero-order valence-electron chi connectivity index (χ0n) is 8.59. The molecule has 96 valence electrons. The fraction of sp³-hybridized carbons (Fsp3) is 0. The van der Waals surface area contributed by atoms with Gasteiger partial charge in [-0.3, -0.25) is 15.8 Å². The van der Waals surface area contributed by atoms with Crippen LogP contribution in [0.25, 0.3) is 22.1 Å². The molecule has 12 heteroatoms. The lowest BCUT2D eigenvalue weighted by Crippen LogP contribution is -1.93. The summed E-state index contributed by atoms with van der Waals surface area (Å²) in [6, 6.07) is 0. The summed E-state index contributed by atoms with van der Waals surface area (Å²) in [4.78, 5) is 10.7. The van der Waals surface area contributed by atoms with Gasteiger partial charge in [-0.1, -0.05) is 0 Å². The number of aromatic amines is 2. The molecule has 2 aromatic heterocycles. The normalized spacial score (nSPS) is 9.83. The van der Waals surface area contributed by atoms with E-state index < -0.39 is 0 Å². The van der Waals surface area contributed by atoms with E-state index in [-0.39, 0.29) is 33.4 Å². The molecule has 0 spiro atoms. The molecule has 0 saturated carbocycles. The Bertz CT molecular complexity index is 638. The Hall–Kier alpha value is -2.70. The zero-order chi connectivity index (χ0) is 11.1. The molecule has 0 fully saturated rings. The van der Waals surface area contributed by atoms with Crippen molar-refractivity contribution in [3.05, 3.63) is 4.91 Å². The molecule has 0 atom stereocenters. The maximum absolute atomic E-state index is 10.7. The van der Waals surface area contributed by atoms with Crippen LogP contribution >= 0.6 is 0 Å². The first-order valence-corrected chi connectivity index (χ1v) is 4.17. The summed E-state index contributed by atoms with van der Waals surface area (Å²) in [7, 11) is 0. The number of H-pyrrole nitrogens is 2. The molecule has 0 aliphatic heterocycles. The quantitative estimate of drug-likeness (QED) is 0.324. The summed E-state index contributed by atoms with van der Waals surface area (Å²) in [6.07, 6.45) is 0. The number of fused-ring (bicyclic) bond motifs is 2. The largest absolute Gasteiger partial charge is 0.412 e. The lowest BCUT2D eigenvalue weighted by Gasteiger charge is -2.00. The summed E-state index contributed by atoms with van der Waals surface area (Å²) in [5.41, 5.74) is 3.24. The van der Waals surface area contributed by atoms with E-state index >= 15 is 0 Å². The Morgan fingerprint density at radius 1 is 1.17 bits per heavy atom. The van der Waals surface area contributed by atoms with Gasteiger partial charge in [0.25, 0.3) is 0 Å². The number of rotatable bonds is 2. The summed E-state index contributed by atoms with van der Waals surface area (Å²) >= 11 is 0. The summed E-state index contributed by atoms with van der Waals surface area (Å²) in [6.45, 7) is 0. The van der Waals surface area contributed by atoms with Gasteiger partial charge in [-0.15, -0.1) is 15.1 Å². The Balaban J connectivity index is 0.000000810. The second-order valence-electron chi connectivity index (χ2n) is 2.99. The molecule has 12 nitrogen and oxygen atoms in total. The third kappa shape index (κ3) is 1.45. The van der Waals surface area contributed by atoms with E-state index in [0.717, 1.165) is 0 Å². The van der Waals surface area contributed by atoms with Crippen molar-refractivity contribution in [2.75, 3.05) is 5.48 Å². The van der Waals surface area contributed by atoms with Gasteiger partial charge in [-0.2, -0.15) is 5.10 Å². The predicted octanol–water partition coefficient (Wildman–Crippen LogP) is -1.22. The van der Waals surface area contributed by atoms with Crippen molar-refractivity contribution in [3.63, 3.8) is 0 Å². The fourth-order valence-electron chi connectivity index (χ4n) is 1.57. The van der Waals surface area contributed by atoms with Crippen LogP contribution in [0.3, 0.4) is 0 Å². The smallest absolute Gasteiger partial charge is 0.165 e. The molecule has 0 unspecified atom stereocenters. The van der Waals surface area contributed by atoms with Crippen LogP contribution in [0.15, 0.2) is 5.18 Å². The van der Waals surface area contributed by atoms with E-state index in [0.29, 0.717) is 11.0 Å². The number of aromatic nitrogens is 6. The Kier molecular flexibility index (Phi) is 3.46. The van der Waals surface area contributed by atoms with Gasteiger partial charge in [0.2, 0.25) is 0 Å². The molecule has 0 saturated heterocycles. The zero-order valence-corrected chi connectivity index (χ0v) is 8.59. The highest BCUT2D eigenvalue weighted by atomic mass is 16.5. The third-order valence-electron chi connectivity index (χ3n) is 2.24. The van der Waals surface area contributed by atoms with Crippen LogP contribution in [0.2, 0.25) is 0 Å². The van der Waals surface area contributed by atoms with Crippen molar-refractivity contribution < 1.29 is 16.2 Å². The van der Waals surface area contributed by atoms with Gasteiger partial charge in [0.15, 0.2) is 5.69 Å². The molecule has 1 aromatic carbocycles. The molecule has 0 bridgehead atoms. The first kappa shape index (κ1) is 13.4. The Morgan fingerprint density at radius 3 is 2.56 bits per heavy atom. The molecule has 0 aliphatic rings. The van der Waals surface area contributed by atoms with Gasteiger partial charge in [0.1, 0.15) is 27.8 Å². The second kappa shape index (κ2) is 4.66. The van der Waals surface area contributed by atoms with Crippen LogP contribution in [0.5, 0.6) is 0 Å². The van der Waals surface area contributed by atoms with Crippen molar-refractivity contribution in [1.29, 1.82) is 0 Å². The van der Waals surface area contributed by atoms with Gasteiger partial charge in [0, 0.05) is 0 Å². The minimum absolute atomic E-state index is 0. The van der Waals surface area contributed by atoms with Gasteiger partial charge >= 0.3 is 0 Å². The average Bonchev–Trinajstić information content (AvgIpc) is 2.93. The number of nitroso groups, excluding NO2 is 1. The maximum Gasteiger partial charge on any atom is 0.165 e. The Labute approximate surface area is 96.9 Å². The number of nitrogens with zero attached hydrogens (tertiary/aromatic N) is 5. The number of anilines is 1. The second-order valence-corrected chi connectivity index (χ2v) is 2.99. The SMILES string of the molecule is O.O.O=Nc1c2nnnc2c(NO)c2n[nH][nH]c12. The molecule has 0 radical (unpaired) electrons. The van der Waals surface area contributed by atoms with Crippen LogP contribution in [-0.2, 0) is 0 Å². The van der Waals surface area contributed by atoms with Crippen molar-refractivity contribution in [3.8, 4) is 0 Å². The van der Waals surface area contributed by atoms with Crippen LogP contribution < -0.4 is 5.48 Å². The van der Waals surface area contributed by atoms with E-state index in [9.17, 15) is 4.91 Å². The highest BCUT2D eigenvalue weighted by Crippen LogP contribution is 2.36. The van der Waals surface area contributed by atoms with Crippen LogP contribution in [0.1, 0.15) is 0 Å². The molecule has 2 heterocycles. The van der Waals surface area contributed by atoms with Gasteiger partial charge in [-0.25, -0.2) is 5.21 Å². The van der Waals surface area contributed by atoms with Crippen LogP contribution in [-0.4, -0.2) is 47.0 Å². The molecule has 0 aliphatic carbocycles. The van der Waals surface area contributed by atoms with Gasteiger partial charge in [-0.05, 0) is 10.4 Å². The minimum Gasteiger partial charge on any atom is -0.412 e. The molecular weight excluding hydrogens is 248 g/mol. The fourth-order valence-corrected chi connectivity index (χ4v) is 1.57. The maximum atomic E-state index is 10.7. The highest BCUT2D eigenvalue weighted by Gasteiger charge is 2.20. The lowest BCUT2D eigenvalue weighted by atomic mass is 10.2. The summed E-state index contributed by atoms with van der Waals surface area (Å²) in [5, 5.41) is 31.5. The molecular formula is C6H8N8O4. The van der Waals surface area contributed by atoms with E-state index in [2.05, 4.69) is 36.0 Å². The average molecular weight is 256 g/mol. The highest BCUT2D eigenvalue weighted by molar-refractivity contribution is 6.12. The molecule has 0 amide bonds. The number of hydrogen-bond donors (Lipinski definition) is 4. The number of benzene rings is 1. The van der Waals surface area contributed by atoms with Gasteiger partial charge in [0.05, 0.1) is 0 Å². The van der Waals surface area contributed by atoms with Crippen LogP contribution in [0.4, 0.5) is 11.4 Å². The third-order valence-corrected chi connectivity index (χ3v) is 2.24. The van der Waals surface area contributed by atoms with Crippen molar-refractivity contribution in [2.24, 2.45) is 5.18 Å². The topological polar surface area (TPSA) is 208 Å². The number of nitrogens with one attached hydrogen (secondary N) is 3. The molecule has 8 N–H and O–H groups in total. The van der Waals surface area contributed by atoms with E-state index in [1.807, 2.05) is 5.48 Å². The van der Waals surface area contributed by atoms with E-state index in [4.69, 9.17) is 5.21 Å². The monoisotopic (exact) mass is 256 g/mol. The Morgan fingerprint density at radius 2 is 1.89 bits per heavy atom. The molecule has 3 rings (SSSR count).